The molecule has 1 aromatic carbocycles. The zero-order valence-electron chi connectivity index (χ0n) is 11.7. The first-order valence-corrected chi connectivity index (χ1v) is 6.43. The summed E-state index contributed by atoms with van der Waals surface area (Å²) in [5.41, 5.74) is 2.78. The second-order valence-corrected chi connectivity index (χ2v) is 4.80. The van der Waals surface area contributed by atoms with Crippen molar-refractivity contribution in [3.8, 4) is 6.07 Å². The van der Waals surface area contributed by atoms with Crippen molar-refractivity contribution in [2.24, 2.45) is 5.92 Å². The zero-order chi connectivity index (χ0) is 13.5. The molecular formula is C15H22N2O. The summed E-state index contributed by atoms with van der Waals surface area (Å²) in [6.07, 6.45) is 0. The van der Waals surface area contributed by atoms with Crippen LogP contribution in [0.5, 0.6) is 0 Å². The fourth-order valence-electron chi connectivity index (χ4n) is 1.74. The third kappa shape index (κ3) is 4.05. The SMILES string of the molecule is CCOCC(Nc1ccc(C#N)c(C)c1)C(C)C. The average molecular weight is 246 g/mol. The van der Waals surface area contributed by atoms with Crippen LogP contribution >= 0.6 is 0 Å². The Morgan fingerprint density at radius 2 is 2.11 bits per heavy atom. The van der Waals surface area contributed by atoms with E-state index in [-0.39, 0.29) is 6.04 Å². The zero-order valence-corrected chi connectivity index (χ0v) is 11.7. The molecule has 0 amide bonds. The highest BCUT2D eigenvalue weighted by Gasteiger charge is 2.13. The highest BCUT2D eigenvalue weighted by Crippen LogP contribution is 2.17. The molecular weight excluding hydrogens is 224 g/mol. The fourth-order valence-corrected chi connectivity index (χ4v) is 1.74. The van der Waals surface area contributed by atoms with Crippen molar-refractivity contribution >= 4 is 5.69 Å². The molecule has 0 saturated heterocycles. The summed E-state index contributed by atoms with van der Waals surface area (Å²) < 4.78 is 5.49. The number of nitrogens with one attached hydrogen (secondary N) is 1. The molecule has 0 radical (unpaired) electrons. The summed E-state index contributed by atoms with van der Waals surface area (Å²) in [6, 6.07) is 8.29. The van der Waals surface area contributed by atoms with Crippen LogP contribution in [0.3, 0.4) is 0 Å². The van der Waals surface area contributed by atoms with Gasteiger partial charge >= 0.3 is 0 Å². The molecule has 0 fully saturated rings. The van der Waals surface area contributed by atoms with Crippen molar-refractivity contribution in [1.82, 2.24) is 0 Å². The van der Waals surface area contributed by atoms with Gasteiger partial charge in [-0.15, -0.1) is 0 Å². The summed E-state index contributed by atoms with van der Waals surface area (Å²) in [5, 5.41) is 12.4. The third-order valence-corrected chi connectivity index (χ3v) is 3.01. The number of anilines is 1. The Morgan fingerprint density at radius 1 is 1.39 bits per heavy atom. The maximum atomic E-state index is 8.91. The number of hydrogen-bond acceptors (Lipinski definition) is 3. The van der Waals surface area contributed by atoms with Gasteiger partial charge < -0.3 is 10.1 Å². The van der Waals surface area contributed by atoms with Gasteiger partial charge in [-0.3, -0.25) is 0 Å². The molecule has 0 aliphatic heterocycles. The number of ether oxygens (including phenoxy) is 1. The third-order valence-electron chi connectivity index (χ3n) is 3.01. The Morgan fingerprint density at radius 3 is 2.61 bits per heavy atom. The number of benzene rings is 1. The average Bonchev–Trinajstić information content (AvgIpc) is 2.34. The van der Waals surface area contributed by atoms with E-state index in [1.165, 1.54) is 0 Å². The summed E-state index contributed by atoms with van der Waals surface area (Å²) >= 11 is 0. The predicted octanol–water partition coefficient (Wildman–Crippen LogP) is 3.34. The summed E-state index contributed by atoms with van der Waals surface area (Å²) in [7, 11) is 0. The maximum absolute atomic E-state index is 8.91. The number of rotatable bonds is 6. The Hall–Kier alpha value is -1.53. The Kier molecular flexibility index (Phi) is 5.67. The van der Waals surface area contributed by atoms with Crippen molar-refractivity contribution < 1.29 is 4.74 Å². The molecule has 1 rings (SSSR count). The Balaban J connectivity index is 2.75. The van der Waals surface area contributed by atoms with Crippen LogP contribution in [0.1, 0.15) is 31.9 Å². The lowest BCUT2D eigenvalue weighted by Gasteiger charge is -2.23. The van der Waals surface area contributed by atoms with Gasteiger partial charge in [0.1, 0.15) is 0 Å². The lowest BCUT2D eigenvalue weighted by Crippen LogP contribution is -2.30. The maximum Gasteiger partial charge on any atom is 0.0994 e. The topological polar surface area (TPSA) is 45.0 Å². The van der Waals surface area contributed by atoms with E-state index in [1.807, 2.05) is 32.0 Å². The molecule has 0 aliphatic rings. The molecule has 0 spiro atoms. The van der Waals surface area contributed by atoms with Crippen molar-refractivity contribution in [2.45, 2.75) is 33.7 Å². The van der Waals surface area contributed by atoms with E-state index in [2.05, 4.69) is 25.2 Å². The van der Waals surface area contributed by atoms with Gasteiger partial charge in [-0.1, -0.05) is 13.8 Å². The van der Waals surface area contributed by atoms with Gasteiger partial charge in [0.25, 0.3) is 0 Å². The van der Waals surface area contributed by atoms with Crippen LogP contribution in [0.25, 0.3) is 0 Å². The number of nitrogens with zero attached hydrogens (tertiary/aromatic N) is 1. The first-order valence-electron chi connectivity index (χ1n) is 6.43. The van der Waals surface area contributed by atoms with E-state index in [1.54, 1.807) is 0 Å². The number of hydrogen-bond donors (Lipinski definition) is 1. The second kappa shape index (κ2) is 7.03. The molecule has 18 heavy (non-hydrogen) atoms. The van der Waals surface area contributed by atoms with Crippen LogP contribution in [0, 0.1) is 24.2 Å². The lowest BCUT2D eigenvalue weighted by atomic mass is 10.0. The quantitative estimate of drug-likeness (QED) is 0.837. The van der Waals surface area contributed by atoms with E-state index >= 15 is 0 Å². The standard InChI is InChI=1S/C15H22N2O/c1-5-18-10-15(11(2)3)17-14-7-6-13(9-16)12(4)8-14/h6-8,11,15,17H,5,10H2,1-4H3. The summed E-state index contributed by atoms with van der Waals surface area (Å²) in [6.45, 7) is 9.74. The van der Waals surface area contributed by atoms with Gasteiger partial charge in [0.15, 0.2) is 0 Å². The molecule has 1 unspecified atom stereocenters. The molecule has 3 heteroatoms. The van der Waals surface area contributed by atoms with Crippen molar-refractivity contribution in [3.05, 3.63) is 29.3 Å². The normalized spacial score (nSPS) is 12.2. The van der Waals surface area contributed by atoms with Crippen LogP contribution in [-0.4, -0.2) is 19.3 Å². The minimum Gasteiger partial charge on any atom is -0.380 e. The molecule has 1 atom stereocenters. The van der Waals surface area contributed by atoms with Gasteiger partial charge in [-0.25, -0.2) is 0 Å². The van der Waals surface area contributed by atoms with Gasteiger partial charge in [-0.05, 0) is 43.5 Å². The number of aryl methyl sites for hydroxylation is 1. The second-order valence-electron chi connectivity index (χ2n) is 4.80. The van der Waals surface area contributed by atoms with Gasteiger partial charge in [0.05, 0.1) is 24.3 Å². The van der Waals surface area contributed by atoms with E-state index in [4.69, 9.17) is 10.00 Å². The summed E-state index contributed by atoms with van der Waals surface area (Å²) in [5.74, 6) is 0.493. The fraction of sp³-hybridized carbons (Fsp3) is 0.533. The monoisotopic (exact) mass is 246 g/mol. The largest absolute Gasteiger partial charge is 0.380 e. The molecule has 0 aromatic heterocycles. The molecule has 1 N–H and O–H groups in total. The van der Waals surface area contributed by atoms with E-state index in [0.29, 0.717) is 12.5 Å². The van der Waals surface area contributed by atoms with Crippen LogP contribution in [0.15, 0.2) is 18.2 Å². The molecule has 98 valence electrons. The van der Waals surface area contributed by atoms with Crippen LogP contribution in [-0.2, 0) is 4.74 Å². The smallest absolute Gasteiger partial charge is 0.0994 e. The van der Waals surface area contributed by atoms with Crippen LogP contribution in [0.4, 0.5) is 5.69 Å². The minimum atomic E-state index is 0.289. The molecule has 0 bridgehead atoms. The Labute approximate surface area is 110 Å². The predicted molar refractivity (Wildman–Crippen MR) is 74.6 cm³/mol. The van der Waals surface area contributed by atoms with Crippen molar-refractivity contribution in [2.75, 3.05) is 18.5 Å². The van der Waals surface area contributed by atoms with Gasteiger partial charge in [-0.2, -0.15) is 5.26 Å². The Bertz CT molecular complexity index is 421. The highest BCUT2D eigenvalue weighted by molar-refractivity contribution is 5.52. The number of nitriles is 1. The van der Waals surface area contributed by atoms with Gasteiger partial charge in [0.2, 0.25) is 0 Å². The lowest BCUT2D eigenvalue weighted by molar-refractivity contribution is 0.127. The first kappa shape index (κ1) is 14.5. The highest BCUT2D eigenvalue weighted by atomic mass is 16.5. The van der Waals surface area contributed by atoms with Crippen LogP contribution in [0.2, 0.25) is 0 Å². The molecule has 0 heterocycles. The summed E-state index contributed by atoms with van der Waals surface area (Å²) in [4.78, 5) is 0. The minimum absolute atomic E-state index is 0.289. The molecule has 0 saturated carbocycles. The van der Waals surface area contributed by atoms with Crippen molar-refractivity contribution in [1.29, 1.82) is 5.26 Å². The molecule has 0 aliphatic carbocycles. The molecule has 3 nitrogen and oxygen atoms in total. The first-order chi connectivity index (χ1) is 8.58. The van der Waals surface area contributed by atoms with E-state index < -0.39 is 0 Å². The van der Waals surface area contributed by atoms with E-state index in [9.17, 15) is 0 Å². The van der Waals surface area contributed by atoms with Crippen molar-refractivity contribution in [3.63, 3.8) is 0 Å². The van der Waals surface area contributed by atoms with E-state index in [0.717, 1.165) is 23.4 Å². The molecule has 1 aromatic rings. The van der Waals surface area contributed by atoms with Gasteiger partial charge in [0, 0.05) is 12.3 Å². The van der Waals surface area contributed by atoms with Crippen LogP contribution < -0.4 is 5.32 Å².